The molecule has 5 aromatic rings. The zero-order chi connectivity index (χ0) is 28.8. The van der Waals surface area contributed by atoms with Gasteiger partial charge in [0.2, 0.25) is 0 Å². The summed E-state index contributed by atoms with van der Waals surface area (Å²) in [5, 5.41) is 3.70. The van der Waals surface area contributed by atoms with Crippen molar-refractivity contribution in [2.24, 2.45) is 0 Å². The summed E-state index contributed by atoms with van der Waals surface area (Å²) in [6.07, 6.45) is 0.138. The molecule has 0 unspecified atom stereocenters. The number of hydrogen-bond donors (Lipinski definition) is 1. The molecule has 5 rings (SSSR count). The molecule has 0 fully saturated rings. The predicted molar refractivity (Wildman–Crippen MR) is 148 cm³/mol. The van der Waals surface area contributed by atoms with Crippen LogP contribution in [0.2, 0.25) is 0 Å². The molecule has 14 heteroatoms. The van der Waals surface area contributed by atoms with Gasteiger partial charge in [0.05, 0.1) is 5.52 Å². The Morgan fingerprint density at radius 2 is 1.51 bits per heavy atom. The van der Waals surface area contributed by atoms with E-state index < -0.39 is 30.0 Å². The predicted octanol–water partition coefficient (Wildman–Crippen LogP) is -4.21. The summed E-state index contributed by atoms with van der Waals surface area (Å²) in [6.45, 7) is 3.71. The molecule has 43 heavy (non-hydrogen) atoms. The molecule has 0 atom stereocenters. The zero-order valence-electron chi connectivity index (χ0n) is 24.3. The van der Waals surface area contributed by atoms with Gasteiger partial charge in [-0.15, -0.1) is 5.39 Å². The molecule has 0 aliphatic heterocycles. The van der Waals surface area contributed by atoms with Gasteiger partial charge in [-0.2, -0.15) is 18.2 Å². The standard InChI is InChI=1S/C29H23N2O7S2.3Na/c1-17-6-9-20(10-7-17)27(32)14-19-8-11-24-23(13-19)26(12-18(2)30-24)31-25-5-3-4-21-15-22(39(33,34)35)16-28(29(21)25)40(36,37)38;;;/h4-13,15-16H,14H2,1-2H3,(H,30,31)(H,33,34,35)(H,36,37,38);;;/q-1;3*+1/p-2. The normalized spacial score (nSPS) is 11.3. The fraction of sp³-hybridized carbons (Fsp3) is 0.103. The van der Waals surface area contributed by atoms with Crippen LogP contribution in [0.1, 0.15) is 27.2 Å². The monoisotopic (exact) mass is 642 g/mol. The number of aromatic nitrogens is 1. The first-order valence-corrected chi connectivity index (χ1v) is 14.8. The Hall–Kier alpha value is -1.16. The van der Waals surface area contributed by atoms with E-state index in [4.69, 9.17) is 0 Å². The SMILES string of the molecule is Cc1ccc(C(=O)Cc2ccc3nc(C)cc(Nc4c[c-]cc5cc(S(=O)(=O)[O-])cc(S(=O)(=O)[O-])c45)c3c2)cc1.[Na+].[Na+].[Na+]. The Morgan fingerprint density at radius 1 is 0.837 bits per heavy atom. The number of nitrogens with one attached hydrogen (secondary N) is 1. The average molecular weight is 643 g/mol. The van der Waals surface area contributed by atoms with E-state index in [1.807, 2.05) is 25.1 Å². The van der Waals surface area contributed by atoms with Crippen LogP contribution in [0.4, 0.5) is 11.4 Å². The number of fused-ring (bicyclic) bond motifs is 2. The fourth-order valence-electron chi connectivity index (χ4n) is 4.53. The van der Waals surface area contributed by atoms with E-state index in [0.717, 1.165) is 17.2 Å². The second-order valence-electron chi connectivity index (χ2n) is 9.42. The second kappa shape index (κ2) is 15.0. The van der Waals surface area contributed by atoms with Gasteiger partial charge in [0, 0.05) is 38.5 Å². The molecule has 0 radical (unpaired) electrons. The molecule has 1 aromatic heterocycles. The molecule has 1 N–H and O–H groups in total. The van der Waals surface area contributed by atoms with Gasteiger partial charge >= 0.3 is 88.7 Å². The van der Waals surface area contributed by atoms with Crippen LogP contribution in [0.5, 0.6) is 0 Å². The third-order valence-corrected chi connectivity index (χ3v) is 8.08. The number of Topliss-reactive ketones (excluding diaryl/α,β-unsaturated/α-hetero) is 1. The summed E-state index contributed by atoms with van der Waals surface area (Å²) in [6, 6.07) is 21.5. The Kier molecular flexibility index (Phi) is 13.2. The van der Waals surface area contributed by atoms with Gasteiger partial charge in [0.25, 0.3) is 0 Å². The topological polar surface area (TPSA) is 156 Å². The number of hydrogen-bond acceptors (Lipinski definition) is 9. The molecule has 0 saturated carbocycles. The van der Waals surface area contributed by atoms with E-state index in [9.17, 15) is 30.7 Å². The van der Waals surface area contributed by atoms with Gasteiger partial charge in [-0.1, -0.05) is 53.0 Å². The minimum atomic E-state index is -5.18. The Bertz CT molecular complexity index is 2050. The molecule has 1 heterocycles. The quantitative estimate of drug-likeness (QED) is 0.0805. The third kappa shape index (κ3) is 8.76. The van der Waals surface area contributed by atoms with Crippen molar-refractivity contribution in [3.8, 4) is 0 Å². The summed E-state index contributed by atoms with van der Waals surface area (Å²) in [4.78, 5) is 15.7. The number of ketones is 1. The summed E-state index contributed by atoms with van der Waals surface area (Å²) in [5.41, 5.74) is 4.25. The summed E-state index contributed by atoms with van der Waals surface area (Å²) in [7, 11) is -10.2. The number of carbonyl (C=O) groups is 1. The second-order valence-corrected chi connectivity index (χ2v) is 12.1. The van der Waals surface area contributed by atoms with Crippen molar-refractivity contribution in [2.45, 2.75) is 30.1 Å². The van der Waals surface area contributed by atoms with Gasteiger partial charge < -0.3 is 14.4 Å². The number of benzene rings is 4. The minimum Gasteiger partial charge on any atom is -0.744 e. The van der Waals surface area contributed by atoms with Gasteiger partial charge in [0.15, 0.2) is 5.78 Å². The molecule has 0 bridgehead atoms. The van der Waals surface area contributed by atoms with Gasteiger partial charge in [-0.05, 0) is 43.7 Å². The molecular formula is C29H21N2Na3O7S2. The maximum atomic E-state index is 12.9. The first-order valence-electron chi connectivity index (χ1n) is 12.0. The fourth-order valence-corrected chi connectivity index (χ4v) is 5.89. The van der Waals surface area contributed by atoms with E-state index in [1.165, 1.54) is 12.1 Å². The van der Waals surface area contributed by atoms with Gasteiger partial charge in [0.1, 0.15) is 20.2 Å². The Morgan fingerprint density at radius 3 is 2.14 bits per heavy atom. The van der Waals surface area contributed by atoms with Gasteiger partial charge in [-0.3, -0.25) is 9.78 Å². The number of pyridine rings is 1. The number of nitrogens with zero attached hydrogens (tertiary/aromatic N) is 1. The Balaban J connectivity index is 0.00000215. The van der Waals surface area contributed by atoms with Crippen LogP contribution in [0, 0.1) is 19.9 Å². The molecule has 0 spiro atoms. The van der Waals surface area contributed by atoms with Crippen LogP contribution in [-0.2, 0) is 26.7 Å². The number of carbonyl (C=O) groups excluding carboxylic acids is 1. The van der Waals surface area contributed by atoms with E-state index in [2.05, 4.69) is 16.4 Å². The first-order chi connectivity index (χ1) is 18.8. The average Bonchev–Trinajstić information content (AvgIpc) is 2.87. The van der Waals surface area contributed by atoms with Crippen molar-refractivity contribution in [3.63, 3.8) is 0 Å². The van der Waals surface area contributed by atoms with Crippen LogP contribution in [-0.4, -0.2) is 36.7 Å². The van der Waals surface area contributed by atoms with Crippen LogP contribution >= 0.6 is 0 Å². The molecule has 0 amide bonds. The van der Waals surface area contributed by atoms with Crippen molar-refractivity contribution >= 4 is 59.1 Å². The van der Waals surface area contributed by atoms with Crippen LogP contribution in [0.15, 0.2) is 82.6 Å². The molecule has 0 aliphatic carbocycles. The smallest absolute Gasteiger partial charge is 0.744 e. The zero-order valence-corrected chi connectivity index (χ0v) is 31.9. The molecule has 4 aromatic carbocycles. The summed E-state index contributed by atoms with van der Waals surface area (Å²) in [5.74, 6) is -0.0630. The molecular weight excluding hydrogens is 621 g/mol. The van der Waals surface area contributed by atoms with Crippen molar-refractivity contribution in [1.82, 2.24) is 4.98 Å². The van der Waals surface area contributed by atoms with Crippen molar-refractivity contribution < 1.29 is 119 Å². The summed E-state index contributed by atoms with van der Waals surface area (Å²) >= 11 is 0. The number of aryl methyl sites for hydroxylation is 2. The molecule has 204 valence electrons. The maximum absolute atomic E-state index is 12.9. The first kappa shape index (κ1) is 38.0. The largest absolute Gasteiger partial charge is 1.00 e. The van der Waals surface area contributed by atoms with E-state index >= 15 is 0 Å². The van der Waals surface area contributed by atoms with Gasteiger partial charge in [-0.25, -0.2) is 16.8 Å². The van der Waals surface area contributed by atoms with Crippen molar-refractivity contribution in [3.05, 3.63) is 101 Å². The number of rotatable bonds is 7. The van der Waals surface area contributed by atoms with E-state index in [0.29, 0.717) is 33.9 Å². The van der Waals surface area contributed by atoms with Crippen molar-refractivity contribution in [1.29, 1.82) is 0 Å². The molecule has 0 aliphatic rings. The van der Waals surface area contributed by atoms with Crippen LogP contribution in [0.25, 0.3) is 21.7 Å². The van der Waals surface area contributed by atoms with Crippen LogP contribution < -0.4 is 94.0 Å². The van der Waals surface area contributed by atoms with Crippen LogP contribution in [0.3, 0.4) is 0 Å². The summed E-state index contributed by atoms with van der Waals surface area (Å²) < 4.78 is 71.3. The maximum Gasteiger partial charge on any atom is 1.00 e. The van der Waals surface area contributed by atoms with E-state index in [-0.39, 0.29) is 117 Å². The Labute approximate surface area is 316 Å². The van der Waals surface area contributed by atoms with E-state index in [1.54, 1.807) is 37.3 Å². The number of anilines is 2. The molecule has 9 nitrogen and oxygen atoms in total. The molecule has 0 saturated heterocycles. The third-order valence-electron chi connectivity index (χ3n) is 6.41. The minimum absolute atomic E-state index is 0. The van der Waals surface area contributed by atoms with Crippen molar-refractivity contribution in [2.75, 3.05) is 5.32 Å².